The van der Waals surface area contributed by atoms with Crippen molar-refractivity contribution in [1.82, 2.24) is 15.0 Å². The quantitative estimate of drug-likeness (QED) is 0.394. The van der Waals surface area contributed by atoms with E-state index in [9.17, 15) is 5.11 Å². The van der Waals surface area contributed by atoms with Crippen LogP contribution in [0.3, 0.4) is 0 Å². The average Bonchev–Trinajstić information content (AvgIpc) is 3.03. The molecule has 6 nitrogen and oxygen atoms in total. The molecule has 0 bridgehead atoms. The van der Waals surface area contributed by atoms with Crippen LogP contribution in [0.25, 0.3) is 16.7 Å². The Bertz CT molecular complexity index is 1110. The van der Waals surface area contributed by atoms with Gasteiger partial charge in [-0.1, -0.05) is 53.7 Å². The molecule has 0 aliphatic heterocycles. The van der Waals surface area contributed by atoms with E-state index in [-0.39, 0.29) is 16.6 Å². The Morgan fingerprint density at radius 3 is 1.68 bits per heavy atom. The van der Waals surface area contributed by atoms with Crippen LogP contribution in [0.1, 0.15) is 82.1 Å². The zero-order chi connectivity index (χ0) is 25.5. The average molecular weight is 468 g/mol. The third kappa shape index (κ3) is 6.87. The molecule has 0 unspecified atom stereocenters. The highest BCUT2D eigenvalue weighted by Gasteiger charge is 2.31. The maximum atomic E-state index is 11.3. The van der Waals surface area contributed by atoms with E-state index in [2.05, 4.69) is 65.6 Å². The fraction of sp³-hybridized carbons (Fsp3) is 0.571. The number of rotatable bonds is 7. The van der Waals surface area contributed by atoms with Gasteiger partial charge in [0.15, 0.2) is 11.5 Å². The van der Waals surface area contributed by atoms with Crippen molar-refractivity contribution in [1.29, 1.82) is 0 Å². The smallest absolute Gasteiger partial charge is 0.186 e. The van der Waals surface area contributed by atoms with Crippen molar-refractivity contribution in [2.45, 2.75) is 93.3 Å². The normalized spacial score (nSPS) is 13.4. The summed E-state index contributed by atoms with van der Waals surface area (Å²) in [5, 5.41) is 20.4. The van der Waals surface area contributed by atoms with Gasteiger partial charge >= 0.3 is 0 Å². The summed E-state index contributed by atoms with van der Waals surface area (Å²) >= 11 is 0. The van der Waals surface area contributed by atoms with E-state index in [1.807, 2.05) is 38.1 Å². The standard InChI is InChI=1S/C28H41N3O3/c1-25(2,3)17-27(7,8)33-19-15-22(31-29-20-13-11-12-14-21(20)30-31)24(32)23(16-19)34-28(9,10)18-26(4,5)6/h11-16,32H,17-18H2,1-10H3. The first-order valence-electron chi connectivity index (χ1n) is 12.0. The topological polar surface area (TPSA) is 69.4 Å². The van der Waals surface area contributed by atoms with Gasteiger partial charge in [-0.05, 0) is 63.5 Å². The predicted octanol–water partition coefficient (Wildman–Crippen LogP) is 7.31. The summed E-state index contributed by atoms with van der Waals surface area (Å²) in [5.74, 6) is 0.947. The lowest BCUT2D eigenvalue weighted by Gasteiger charge is -2.35. The van der Waals surface area contributed by atoms with Crippen LogP contribution in [0.5, 0.6) is 17.2 Å². The summed E-state index contributed by atoms with van der Waals surface area (Å²) in [7, 11) is 0. The summed E-state index contributed by atoms with van der Waals surface area (Å²) in [4.78, 5) is 1.45. The van der Waals surface area contributed by atoms with Gasteiger partial charge in [0.2, 0.25) is 0 Å². The van der Waals surface area contributed by atoms with Crippen molar-refractivity contribution in [2.75, 3.05) is 0 Å². The van der Waals surface area contributed by atoms with E-state index < -0.39 is 11.2 Å². The molecule has 0 radical (unpaired) electrons. The molecule has 0 amide bonds. The van der Waals surface area contributed by atoms with Crippen LogP contribution in [0.4, 0.5) is 0 Å². The lowest BCUT2D eigenvalue weighted by molar-refractivity contribution is 0.0535. The number of ether oxygens (including phenoxy) is 2. The Labute approximate surface area is 204 Å². The van der Waals surface area contributed by atoms with Gasteiger partial charge in [-0.25, -0.2) is 0 Å². The van der Waals surface area contributed by atoms with Crippen LogP contribution in [0.15, 0.2) is 36.4 Å². The molecule has 0 atom stereocenters. The Hall–Kier alpha value is -2.76. The van der Waals surface area contributed by atoms with E-state index in [0.717, 1.165) is 23.9 Å². The Morgan fingerprint density at radius 1 is 0.735 bits per heavy atom. The number of phenols is 1. The van der Waals surface area contributed by atoms with Crippen LogP contribution in [0.2, 0.25) is 0 Å². The molecular weight excluding hydrogens is 426 g/mol. The summed E-state index contributed by atoms with van der Waals surface area (Å²) in [6, 6.07) is 11.2. The lowest BCUT2D eigenvalue weighted by Crippen LogP contribution is -2.34. The Morgan fingerprint density at radius 2 is 1.21 bits per heavy atom. The number of fused-ring (bicyclic) bond motifs is 1. The van der Waals surface area contributed by atoms with Gasteiger partial charge in [-0.3, -0.25) is 0 Å². The molecule has 0 spiro atoms. The molecule has 0 saturated heterocycles. The van der Waals surface area contributed by atoms with E-state index in [1.54, 1.807) is 12.1 Å². The molecule has 3 rings (SSSR count). The van der Waals surface area contributed by atoms with Gasteiger partial charge in [0, 0.05) is 12.1 Å². The minimum atomic E-state index is -0.505. The minimum Gasteiger partial charge on any atom is -0.503 e. The number of nitrogens with zero attached hydrogens (tertiary/aromatic N) is 3. The molecule has 2 aromatic carbocycles. The summed E-state index contributed by atoms with van der Waals surface area (Å²) in [6.45, 7) is 21.4. The molecule has 1 aromatic heterocycles. The number of hydrogen-bond donors (Lipinski definition) is 1. The van der Waals surface area contributed by atoms with Gasteiger partial charge < -0.3 is 14.6 Å². The fourth-order valence-corrected chi connectivity index (χ4v) is 5.07. The predicted molar refractivity (Wildman–Crippen MR) is 138 cm³/mol. The van der Waals surface area contributed by atoms with E-state index in [4.69, 9.17) is 9.47 Å². The van der Waals surface area contributed by atoms with Crippen molar-refractivity contribution in [3.63, 3.8) is 0 Å². The summed E-state index contributed by atoms with van der Waals surface area (Å²) in [6.07, 6.45) is 1.66. The molecule has 0 fully saturated rings. The molecule has 34 heavy (non-hydrogen) atoms. The monoisotopic (exact) mass is 467 g/mol. The van der Waals surface area contributed by atoms with E-state index >= 15 is 0 Å². The zero-order valence-corrected chi connectivity index (χ0v) is 22.5. The summed E-state index contributed by atoms with van der Waals surface area (Å²) < 4.78 is 12.9. The molecule has 186 valence electrons. The number of phenolic OH excluding ortho intramolecular Hbond substituents is 1. The molecule has 6 heteroatoms. The van der Waals surface area contributed by atoms with Gasteiger partial charge in [0.05, 0.1) is 0 Å². The van der Waals surface area contributed by atoms with Crippen LogP contribution in [0, 0.1) is 10.8 Å². The van der Waals surface area contributed by atoms with Crippen LogP contribution in [-0.4, -0.2) is 31.3 Å². The molecule has 0 aliphatic carbocycles. The second kappa shape index (κ2) is 8.79. The lowest BCUT2D eigenvalue weighted by atomic mass is 9.83. The molecule has 1 heterocycles. The number of hydrogen-bond acceptors (Lipinski definition) is 5. The first-order chi connectivity index (χ1) is 15.4. The first kappa shape index (κ1) is 25.9. The van der Waals surface area contributed by atoms with Crippen LogP contribution >= 0.6 is 0 Å². The minimum absolute atomic E-state index is 0.0109. The highest BCUT2D eigenvalue weighted by Crippen LogP contribution is 2.42. The first-order valence-corrected chi connectivity index (χ1v) is 12.0. The highest BCUT2D eigenvalue weighted by molar-refractivity contribution is 5.74. The molecular formula is C28H41N3O3. The van der Waals surface area contributed by atoms with E-state index in [0.29, 0.717) is 17.2 Å². The highest BCUT2D eigenvalue weighted by atomic mass is 16.5. The van der Waals surface area contributed by atoms with Gasteiger partial charge in [-0.2, -0.15) is 0 Å². The van der Waals surface area contributed by atoms with Crippen molar-refractivity contribution in [3.05, 3.63) is 36.4 Å². The third-order valence-electron chi connectivity index (χ3n) is 5.22. The summed E-state index contributed by atoms with van der Waals surface area (Å²) in [5.41, 5.74) is 1.14. The van der Waals surface area contributed by atoms with Gasteiger partial charge in [-0.15, -0.1) is 15.0 Å². The molecule has 0 aliphatic rings. The third-order valence-corrected chi connectivity index (χ3v) is 5.22. The molecule has 1 N–H and O–H groups in total. The van der Waals surface area contributed by atoms with Gasteiger partial charge in [0.25, 0.3) is 0 Å². The number of aromatic nitrogens is 3. The van der Waals surface area contributed by atoms with Crippen molar-refractivity contribution < 1.29 is 14.6 Å². The van der Waals surface area contributed by atoms with Crippen LogP contribution < -0.4 is 9.47 Å². The molecule has 3 aromatic rings. The van der Waals surface area contributed by atoms with E-state index in [1.165, 1.54) is 4.80 Å². The number of benzene rings is 2. The Balaban J connectivity index is 2.09. The number of aromatic hydroxyl groups is 1. The van der Waals surface area contributed by atoms with Crippen LogP contribution in [-0.2, 0) is 0 Å². The fourth-order valence-electron chi connectivity index (χ4n) is 5.07. The zero-order valence-electron chi connectivity index (χ0n) is 22.5. The Kier molecular flexibility index (Phi) is 6.68. The van der Waals surface area contributed by atoms with Crippen molar-refractivity contribution in [3.8, 4) is 22.9 Å². The van der Waals surface area contributed by atoms with Crippen molar-refractivity contribution in [2.24, 2.45) is 10.8 Å². The second-order valence-electron chi connectivity index (χ2n) is 13.0. The SMILES string of the molecule is CC(C)(C)CC(C)(C)Oc1cc(OC(C)(C)CC(C)(C)C)c(O)c(-n2nc3ccccc3n2)c1. The molecule has 0 saturated carbocycles. The maximum absolute atomic E-state index is 11.3. The van der Waals surface area contributed by atoms with Gasteiger partial charge in [0.1, 0.15) is 33.7 Å². The largest absolute Gasteiger partial charge is 0.503 e. The maximum Gasteiger partial charge on any atom is 0.186 e. The van der Waals surface area contributed by atoms with Crippen molar-refractivity contribution >= 4 is 11.0 Å². The second-order valence-corrected chi connectivity index (χ2v) is 13.0.